The second-order valence-corrected chi connectivity index (χ2v) is 7.77. The molecule has 1 aromatic heterocycles. The molecule has 1 atom stereocenters. The Morgan fingerprint density at radius 1 is 1.32 bits per heavy atom. The maximum Gasteiger partial charge on any atom is 0.231 e. The van der Waals surface area contributed by atoms with Gasteiger partial charge in [-0.25, -0.2) is 0 Å². The molecule has 0 spiro atoms. The van der Waals surface area contributed by atoms with Crippen molar-refractivity contribution >= 4 is 5.91 Å². The van der Waals surface area contributed by atoms with Crippen LogP contribution in [0, 0.1) is 0 Å². The lowest BCUT2D eigenvalue weighted by Crippen LogP contribution is -2.49. The molecule has 1 N–H and O–H groups in total. The zero-order valence-electron chi connectivity index (χ0n) is 16.5. The molecule has 2 aromatic rings. The summed E-state index contributed by atoms with van der Waals surface area (Å²) in [5, 5.41) is 8.11. The number of hydrogen-bond acceptors (Lipinski definition) is 4. The molecule has 2 heterocycles. The summed E-state index contributed by atoms with van der Waals surface area (Å²) in [6, 6.07) is 10.1. The second-order valence-electron chi connectivity index (χ2n) is 7.77. The van der Waals surface area contributed by atoms with Gasteiger partial charge in [-0.1, -0.05) is 30.3 Å². The predicted octanol–water partition coefficient (Wildman–Crippen LogP) is 2.77. The van der Waals surface area contributed by atoms with Gasteiger partial charge in [0, 0.05) is 26.5 Å². The third-order valence-corrected chi connectivity index (χ3v) is 6.08. The number of carbonyl (C=O) groups is 1. The molecule has 28 heavy (non-hydrogen) atoms. The van der Waals surface area contributed by atoms with E-state index in [0.717, 1.165) is 37.1 Å². The average molecular weight is 383 g/mol. The van der Waals surface area contributed by atoms with Crippen LogP contribution in [0.1, 0.15) is 48.5 Å². The van der Waals surface area contributed by atoms with Crippen LogP contribution < -0.4 is 5.32 Å². The highest BCUT2D eigenvalue weighted by atomic mass is 16.5. The summed E-state index contributed by atoms with van der Waals surface area (Å²) in [6.45, 7) is 2.60. The molecule has 150 valence electrons. The van der Waals surface area contributed by atoms with Crippen molar-refractivity contribution in [1.29, 1.82) is 0 Å². The Morgan fingerprint density at radius 3 is 2.86 bits per heavy atom. The molecule has 0 saturated carbocycles. The van der Waals surface area contributed by atoms with Crippen LogP contribution in [0.3, 0.4) is 0 Å². The number of fused-ring (bicyclic) bond motifs is 1. The molecule has 1 unspecified atom stereocenters. The number of ether oxygens (including phenoxy) is 2. The van der Waals surface area contributed by atoms with Crippen molar-refractivity contribution in [2.24, 2.45) is 0 Å². The van der Waals surface area contributed by atoms with Crippen LogP contribution in [-0.2, 0) is 32.6 Å². The lowest BCUT2D eigenvalue weighted by molar-refractivity contribution is -0.131. The van der Waals surface area contributed by atoms with E-state index in [-0.39, 0.29) is 11.9 Å². The monoisotopic (exact) mass is 383 g/mol. The van der Waals surface area contributed by atoms with Gasteiger partial charge in [0.1, 0.15) is 0 Å². The van der Waals surface area contributed by atoms with E-state index in [2.05, 4.69) is 23.6 Å². The molecule has 1 aliphatic heterocycles. The van der Waals surface area contributed by atoms with Gasteiger partial charge < -0.3 is 14.8 Å². The highest BCUT2D eigenvalue weighted by Gasteiger charge is 2.43. The van der Waals surface area contributed by atoms with Crippen molar-refractivity contribution < 1.29 is 14.3 Å². The van der Waals surface area contributed by atoms with Crippen molar-refractivity contribution in [1.82, 2.24) is 15.1 Å². The third kappa shape index (κ3) is 3.71. The molecule has 2 aliphatic rings. The summed E-state index contributed by atoms with van der Waals surface area (Å²) >= 11 is 0. The molecule has 0 radical (unpaired) electrons. The van der Waals surface area contributed by atoms with Gasteiger partial charge in [-0.3, -0.25) is 9.48 Å². The van der Waals surface area contributed by atoms with E-state index in [9.17, 15) is 4.79 Å². The van der Waals surface area contributed by atoms with E-state index in [1.54, 1.807) is 7.11 Å². The van der Waals surface area contributed by atoms with Crippen molar-refractivity contribution in [3.63, 3.8) is 0 Å². The van der Waals surface area contributed by atoms with Crippen molar-refractivity contribution in [3.05, 3.63) is 53.3 Å². The Hall–Kier alpha value is -2.18. The molecule has 4 rings (SSSR count). The second kappa shape index (κ2) is 8.45. The van der Waals surface area contributed by atoms with Crippen molar-refractivity contribution in [2.45, 2.75) is 50.1 Å². The predicted molar refractivity (Wildman–Crippen MR) is 106 cm³/mol. The highest BCUT2D eigenvalue weighted by Crippen LogP contribution is 2.37. The van der Waals surface area contributed by atoms with E-state index in [1.807, 2.05) is 22.9 Å². The highest BCUT2D eigenvalue weighted by molar-refractivity contribution is 5.88. The largest absolute Gasteiger partial charge is 0.383 e. The van der Waals surface area contributed by atoms with Crippen molar-refractivity contribution in [3.8, 4) is 0 Å². The fourth-order valence-corrected chi connectivity index (χ4v) is 4.46. The Kier molecular flexibility index (Phi) is 5.78. The lowest BCUT2D eigenvalue weighted by Gasteiger charge is -2.37. The van der Waals surface area contributed by atoms with Crippen LogP contribution in [0.5, 0.6) is 0 Å². The molecule has 1 amide bonds. The standard InChI is InChI=1S/C22H29N3O3/c1-27-15-12-25-16-17-6-5-9-19(20(17)24-25)23-21(26)22(10-13-28-14-11-22)18-7-3-2-4-8-18/h2-4,7-8,16,19H,5-6,9-15H2,1H3,(H,23,26). The molecule has 1 aromatic carbocycles. The van der Waals surface area contributed by atoms with Gasteiger partial charge in [0.05, 0.1) is 30.3 Å². The maximum atomic E-state index is 13.6. The Labute approximate surface area is 166 Å². The Bertz CT molecular complexity index is 797. The van der Waals surface area contributed by atoms with Crippen LogP contribution in [0.15, 0.2) is 36.5 Å². The fraction of sp³-hybridized carbons (Fsp3) is 0.545. The molecule has 6 nitrogen and oxygen atoms in total. The van der Waals surface area contributed by atoms with Gasteiger partial charge in [-0.15, -0.1) is 0 Å². The number of nitrogens with one attached hydrogen (secondary N) is 1. The molecule has 1 aliphatic carbocycles. The quantitative estimate of drug-likeness (QED) is 0.833. The summed E-state index contributed by atoms with van der Waals surface area (Å²) in [7, 11) is 1.70. The summed E-state index contributed by atoms with van der Waals surface area (Å²) < 4.78 is 12.7. The van der Waals surface area contributed by atoms with Crippen LogP contribution in [0.2, 0.25) is 0 Å². The van der Waals surface area contributed by atoms with E-state index in [1.165, 1.54) is 5.56 Å². The minimum atomic E-state index is -0.518. The fourth-order valence-electron chi connectivity index (χ4n) is 4.46. The topological polar surface area (TPSA) is 65.4 Å². The first-order valence-corrected chi connectivity index (χ1v) is 10.2. The zero-order chi connectivity index (χ0) is 19.4. The van der Waals surface area contributed by atoms with Crippen LogP contribution in [0.4, 0.5) is 0 Å². The normalized spacial score (nSPS) is 21.1. The number of benzene rings is 1. The lowest BCUT2D eigenvalue weighted by atomic mass is 9.73. The van der Waals surface area contributed by atoms with Gasteiger partial charge in [-0.05, 0) is 43.2 Å². The first-order chi connectivity index (χ1) is 13.7. The molecular formula is C22H29N3O3. The zero-order valence-corrected chi connectivity index (χ0v) is 16.5. The summed E-state index contributed by atoms with van der Waals surface area (Å²) in [5.41, 5.74) is 2.83. The van der Waals surface area contributed by atoms with Crippen LogP contribution >= 0.6 is 0 Å². The van der Waals surface area contributed by atoms with Crippen LogP contribution in [0.25, 0.3) is 0 Å². The van der Waals surface area contributed by atoms with Gasteiger partial charge in [0.25, 0.3) is 0 Å². The van der Waals surface area contributed by atoms with E-state index in [4.69, 9.17) is 14.6 Å². The summed E-state index contributed by atoms with van der Waals surface area (Å²) in [5.74, 6) is 0.103. The average Bonchev–Trinajstić information content (AvgIpc) is 3.17. The van der Waals surface area contributed by atoms with Gasteiger partial charge in [0.2, 0.25) is 5.91 Å². The first kappa shape index (κ1) is 19.2. The maximum absolute atomic E-state index is 13.6. The smallest absolute Gasteiger partial charge is 0.231 e. The molecular weight excluding hydrogens is 354 g/mol. The van der Waals surface area contributed by atoms with E-state index >= 15 is 0 Å². The number of rotatable bonds is 6. The van der Waals surface area contributed by atoms with E-state index in [0.29, 0.717) is 32.7 Å². The Morgan fingerprint density at radius 2 is 2.11 bits per heavy atom. The molecule has 1 fully saturated rings. The number of aromatic nitrogens is 2. The SMILES string of the molecule is COCCn1cc2c(n1)C(NC(=O)C1(c3ccccc3)CCOCC1)CCC2. The Balaban J connectivity index is 1.57. The third-order valence-electron chi connectivity index (χ3n) is 6.08. The minimum absolute atomic E-state index is 0.0246. The molecule has 6 heteroatoms. The van der Waals surface area contributed by atoms with Gasteiger partial charge >= 0.3 is 0 Å². The van der Waals surface area contributed by atoms with Gasteiger partial charge in [0.15, 0.2) is 0 Å². The summed E-state index contributed by atoms with van der Waals surface area (Å²) in [6.07, 6.45) is 6.55. The number of methoxy groups -OCH3 is 1. The number of amides is 1. The number of aryl methyl sites for hydroxylation is 1. The summed E-state index contributed by atoms with van der Waals surface area (Å²) in [4.78, 5) is 13.6. The number of carbonyl (C=O) groups excluding carboxylic acids is 1. The van der Waals surface area contributed by atoms with Crippen LogP contribution in [-0.4, -0.2) is 42.6 Å². The van der Waals surface area contributed by atoms with Crippen molar-refractivity contribution in [2.75, 3.05) is 26.9 Å². The number of hydrogen-bond donors (Lipinski definition) is 1. The minimum Gasteiger partial charge on any atom is -0.383 e. The molecule has 0 bridgehead atoms. The van der Waals surface area contributed by atoms with E-state index < -0.39 is 5.41 Å². The molecule has 1 saturated heterocycles. The van der Waals surface area contributed by atoms with Gasteiger partial charge in [-0.2, -0.15) is 5.10 Å². The first-order valence-electron chi connectivity index (χ1n) is 10.2. The number of nitrogens with zero attached hydrogens (tertiary/aromatic N) is 2.